The monoisotopic (exact) mass is 363 g/mol. The van der Waals surface area contributed by atoms with Gasteiger partial charge in [0, 0.05) is 37.2 Å². The van der Waals surface area contributed by atoms with Crippen molar-refractivity contribution < 1.29 is 4.74 Å². The Morgan fingerprint density at radius 3 is 3.12 bits per heavy atom. The highest BCUT2D eigenvalue weighted by Crippen LogP contribution is 2.14. The summed E-state index contributed by atoms with van der Waals surface area (Å²) in [7, 11) is 1.66. The summed E-state index contributed by atoms with van der Waals surface area (Å²) in [5.74, 6) is 2.60. The molecule has 136 valence electrons. The third kappa shape index (κ3) is 4.76. The number of aryl methyl sites for hydroxylation is 2. The summed E-state index contributed by atoms with van der Waals surface area (Å²) in [6, 6.07) is 0.278. The van der Waals surface area contributed by atoms with Crippen molar-refractivity contribution in [3.05, 3.63) is 27.7 Å². The zero-order valence-electron chi connectivity index (χ0n) is 14.9. The second-order valence-electron chi connectivity index (χ2n) is 6.00. The Morgan fingerprint density at radius 2 is 2.40 bits per heavy atom. The second-order valence-corrected chi connectivity index (χ2v) is 7.32. The van der Waals surface area contributed by atoms with Crippen molar-refractivity contribution in [2.24, 2.45) is 4.99 Å². The first kappa shape index (κ1) is 17.8. The lowest BCUT2D eigenvalue weighted by Gasteiger charge is -2.25. The van der Waals surface area contributed by atoms with E-state index >= 15 is 0 Å². The fourth-order valence-corrected chi connectivity index (χ4v) is 3.51. The van der Waals surface area contributed by atoms with E-state index in [1.165, 1.54) is 4.88 Å². The molecule has 1 atom stereocenters. The van der Waals surface area contributed by atoms with Crippen molar-refractivity contribution in [1.82, 2.24) is 30.4 Å². The molecule has 3 rings (SSSR count). The largest absolute Gasteiger partial charge is 0.377 e. The smallest absolute Gasteiger partial charge is 0.191 e. The number of methoxy groups -OCH3 is 1. The molecular formula is C16H25N7OS. The van der Waals surface area contributed by atoms with E-state index < -0.39 is 0 Å². The number of ether oxygens (including phenoxy) is 1. The molecular weight excluding hydrogens is 338 g/mol. The van der Waals surface area contributed by atoms with Gasteiger partial charge in [-0.3, -0.25) is 0 Å². The molecule has 1 unspecified atom stereocenters. The van der Waals surface area contributed by atoms with Gasteiger partial charge < -0.3 is 15.4 Å². The number of rotatable bonds is 6. The molecule has 2 aromatic heterocycles. The first-order chi connectivity index (χ1) is 12.2. The molecule has 0 amide bonds. The summed E-state index contributed by atoms with van der Waals surface area (Å²) in [6.07, 6.45) is 3.80. The Hall–Kier alpha value is -2.00. The fourth-order valence-electron chi connectivity index (χ4n) is 2.80. The van der Waals surface area contributed by atoms with E-state index in [0.717, 1.165) is 48.5 Å². The molecule has 3 heterocycles. The molecule has 0 aromatic carbocycles. The predicted octanol–water partition coefficient (Wildman–Crippen LogP) is 1.26. The number of thiazole rings is 1. The molecule has 0 aliphatic carbocycles. The first-order valence-electron chi connectivity index (χ1n) is 8.55. The van der Waals surface area contributed by atoms with E-state index in [4.69, 9.17) is 4.74 Å². The average Bonchev–Trinajstić information content (AvgIpc) is 3.18. The Balaban J connectivity index is 1.61. The van der Waals surface area contributed by atoms with Gasteiger partial charge in [-0.15, -0.1) is 11.3 Å². The quantitative estimate of drug-likeness (QED) is 0.593. The van der Waals surface area contributed by atoms with Crippen LogP contribution in [0.4, 0.5) is 0 Å². The lowest BCUT2D eigenvalue weighted by molar-refractivity contribution is 0.177. The highest BCUT2D eigenvalue weighted by atomic mass is 32.1. The Bertz CT molecular complexity index is 724. The molecule has 8 nitrogen and oxygen atoms in total. The summed E-state index contributed by atoms with van der Waals surface area (Å²) in [5.41, 5.74) is 0. The molecule has 0 saturated carbocycles. The highest BCUT2D eigenvalue weighted by molar-refractivity contribution is 7.11. The van der Waals surface area contributed by atoms with E-state index in [1.807, 2.05) is 10.9 Å². The van der Waals surface area contributed by atoms with Crippen LogP contribution in [0.1, 0.15) is 34.9 Å². The zero-order valence-corrected chi connectivity index (χ0v) is 15.8. The molecule has 2 aromatic rings. The maximum Gasteiger partial charge on any atom is 0.191 e. The summed E-state index contributed by atoms with van der Waals surface area (Å²) in [6.45, 7) is 6.78. The van der Waals surface area contributed by atoms with E-state index in [1.54, 1.807) is 18.4 Å². The second kappa shape index (κ2) is 8.39. The molecule has 0 fully saturated rings. The van der Waals surface area contributed by atoms with Crippen LogP contribution >= 0.6 is 11.3 Å². The third-order valence-electron chi connectivity index (χ3n) is 3.90. The minimum Gasteiger partial charge on any atom is -0.377 e. The average molecular weight is 363 g/mol. The van der Waals surface area contributed by atoms with Crippen LogP contribution in [-0.2, 0) is 30.9 Å². The highest BCUT2D eigenvalue weighted by Gasteiger charge is 2.22. The molecule has 0 saturated heterocycles. The van der Waals surface area contributed by atoms with Crippen LogP contribution in [0.25, 0.3) is 0 Å². The van der Waals surface area contributed by atoms with Crippen LogP contribution in [0, 0.1) is 6.92 Å². The van der Waals surface area contributed by atoms with Crippen molar-refractivity contribution in [1.29, 1.82) is 0 Å². The number of aliphatic imine (C=N–C) groups is 1. The molecule has 9 heteroatoms. The van der Waals surface area contributed by atoms with Crippen molar-refractivity contribution in [3.8, 4) is 0 Å². The lowest BCUT2D eigenvalue weighted by Crippen LogP contribution is -2.47. The van der Waals surface area contributed by atoms with Gasteiger partial charge in [0.2, 0.25) is 0 Å². The van der Waals surface area contributed by atoms with E-state index in [9.17, 15) is 0 Å². The van der Waals surface area contributed by atoms with Crippen LogP contribution in [0.15, 0.2) is 11.2 Å². The predicted molar refractivity (Wildman–Crippen MR) is 97.6 cm³/mol. The van der Waals surface area contributed by atoms with E-state index in [-0.39, 0.29) is 6.04 Å². The summed E-state index contributed by atoms with van der Waals surface area (Å²) >= 11 is 1.68. The summed E-state index contributed by atoms with van der Waals surface area (Å²) in [4.78, 5) is 14.7. The standard InChI is InChI=1S/C16H25N7OS/c1-4-17-16(19-8-15-18-7-11(2)25-15)20-12-5-6-14-21-13(10-24-3)22-23(14)9-12/h7,12H,4-6,8-10H2,1-3H3,(H2,17,19,20). The number of aromatic nitrogens is 4. The molecule has 0 radical (unpaired) electrons. The number of fused-ring (bicyclic) bond motifs is 1. The molecule has 0 bridgehead atoms. The minimum absolute atomic E-state index is 0.278. The summed E-state index contributed by atoms with van der Waals surface area (Å²) in [5, 5.41) is 12.4. The normalized spacial score (nSPS) is 17.4. The molecule has 0 spiro atoms. The van der Waals surface area contributed by atoms with Crippen molar-refractivity contribution in [2.45, 2.75) is 52.4 Å². The number of guanidine groups is 1. The minimum atomic E-state index is 0.278. The molecule has 25 heavy (non-hydrogen) atoms. The Labute approximate surface area is 151 Å². The van der Waals surface area contributed by atoms with Gasteiger partial charge in [-0.25, -0.2) is 19.6 Å². The van der Waals surface area contributed by atoms with Gasteiger partial charge in [-0.1, -0.05) is 0 Å². The third-order valence-corrected chi connectivity index (χ3v) is 4.80. The van der Waals surface area contributed by atoms with Crippen molar-refractivity contribution >= 4 is 17.3 Å². The van der Waals surface area contributed by atoms with Crippen LogP contribution < -0.4 is 10.6 Å². The Kier molecular flexibility index (Phi) is 5.98. The van der Waals surface area contributed by atoms with Gasteiger partial charge >= 0.3 is 0 Å². The van der Waals surface area contributed by atoms with Crippen LogP contribution in [0.2, 0.25) is 0 Å². The zero-order chi connectivity index (χ0) is 17.6. The summed E-state index contributed by atoms with van der Waals surface area (Å²) < 4.78 is 7.09. The number of hydrogen-bond donors (Lipinski definition) is 2. The number of nitrogens with zero attached hydrogens (tertiary/aromatic N) is 5. The number of hydrogen-bond acceptors (Lipinski definition) is 6. The van der Waals surface area contributed by atoms with Gasteiger partial charge in [0.25, 0.3) is 0 Å². The van der Waals surface area contributed by atoms with Gasteiger partial charge in [0.1, 0.15) is 17.4 Å². The maximum absolute atomic E-state index is 5.12. The molecule has 1 aliphatic rings. The van der Waals surface area contributed by atoms with Gasteiger partial charge in [-0.05, 0) is 20.3 Å². The van der Waals surface area contributed by atoms with Crippen LogP contribution in [0.3, 0.4) is 0 Å². The van der Waals surface area contributed by atoms with Gasteiger partial charge in [0.05, 0.1) is 13.1 Å². The number of nitrogens with one attached hydrogen (secondary N) is 2. The fraction of sp³-hybridized carbons (Fsp3) is 0.625. The SMILES string of the molecule is CCNC(=NCc1ncc(C)s1)NC1CCc2nc(COC)nn2C1. The van der Waals surface area contributed by atoms with Crippen molar-refractivity contribution in [2.75, 3.05) is 13.7 Å². The Morgan fingerprint density at radius 1 is 1.52 bits per heavy atom. The van der Waals surface area contributed by atoms with Crippen molar-refractivity contribution in [3.63, 3.8) is 0 Å². The van der Waals surface area contributed by atoms with E-state index in [2.05, 4.69) is 44.5 Å². The van der Waals surface area contributed by atoms with E-state index in [0.29, 0.717) is 13.2 Å². The molecule has 2 N–H and O–H groups in total. The first-order valence-corrected chi connectivity index (χ1v) is 9.37. The maximum atomic E-state index is 5.12. The topological polar surface area (TPSA) is 89.2 Å². The molecule has 1 aliphatic heterocycles. The van der Waals surface area contributed by atoms with Crippen LogP contribution in [-0.4, -0.2) is 45.4 Å². The lowest BCUT2D eigenvalue weighted by atomic mass is 10.1. The van der Waals surface area contributed by atoms with Crippen LogP contribution in [0.5, 0.6) is 0 Å². The van der Waals surface area contributed by atoms with Gasteiger partial charge in [-0.2, -0.15) is 5.10 Å². The van der Waals surface area contributed by atoms with Gasteiger partial charge in [0.15, 0.2) is 11.8 Å².